The number of benzene rings is 1. The summed E-state index contributed by atoms with van der Waals surface area (Å²) in [5, 5.41) is 8.74. The number of para-hydroxylation sites is 1. The Balaban J connectivity index is 1.96. The van der Waals surface area contributed by atoms with E-state index in [1.807, 2.05) is 42.1 Å². The van der Waals surface area contributed by atoms with Gasteiger partial charge in [0, 0.05) is 32.3 Å². The highest BCUT2D eigenvalue weighted by Crippen LogP contribution is 2.16. The third kappa shape index (κ3) is 3.87. The standard InChI is InChI=1S/C16H18N2O2/c1-18-11-10-17-16(18)9-13-20-15-8-3-2-6-14(15)7-4-5-12-19/h2-3,6,8,10-11,19H,5,9,12-13H2,1H3. The lowest BCUT2D eigenvalue weighted by molar-refractivity contribution is 0.305. The Morgan fingerprint density at radius 2 is 2.20 bits per heavy atom. The normalized spacial score (nSPS) is 9.90. The predicted octanol–water partition coefficient (Wildman–Crippen LogP) is 1.78. The van der Waals surface area contributed by atoms with Gasteiger partial charge in [-0.15, -0.1) is 0 Å². The zero-order valence-electron chi connectivity index (χ0n) is 11.5. The van der Waals surface area contributed by atoms with Crippen LogP contribution in [0.25, 0.3) is 0 Å². The van der Waals surface area contributed by atoms with Crippen molar-refractivity contribution in [3.8, 4) is 17.6 Å². The number of aromatic nitrogens is 2. The highest BCUT2D eigenvalue weighted by Gasteiger charge is 2.02. The van der Waals surface area contributed by atoms with Gasteiger partial charge < -0.3 is 14.4 Å². The van der Waals surface area contributed by atoms with Gasteiger partial charge in [-0.25, -0.2) is 4.98 Å². The Bertz CT molecular complexity index is 608. The van der Waals surface area contributed by atoms with Crippen LogP contribution in [0.4, 0.5) is 0 Å². The zero-order valence-corrected chi connectivity index (χ0v) is 11.5. The van der Waals surface area contributed by atoms with Crippen molar-refractivity contribution in [3.63, 3.8) is 0 Å². The quantitative estimate of drug-likeness (QED) is 0.842. The molecule has 0 aliphatic rings. The molecule has 104 valence electrons. The highest BCUT2D eigenvalue weighted by atomic mass is 16.5. The number of imidazole rings is 1. The van der Waals surface area contributed by atoms with Gasteiger partial charge >= 0.3 is 0 Å². The molecule has 1 aromatic carbocycles. The molecule has 0 atom stereocenters. The van der Waals surface area contributed by atoms with Crippen LogP contribution in [-0.2, 0) is 13.5 Å². The molecule has 0 saturated carbocycles. The Kier molecular flexibility index (Phi) is 5.22. The molecule has 2 rings (SSSR count). The largest absolute Gasteiger partial charge is 0.492 e. The van der Waals surface area contributed by atoms with Gasteiger partial charge in [0.1, 0.15) is 11.6 Å². The van der Waals surface area contributed by atoms with E-state index in [9.17, 15) is 0 Å². The van der Waals surface area contributed by atoms with Crippen molar-refractivity contribution >= 4 is 0 Å². The van der Waals surface area contributed by atoms with Gasteiger partial charge in [0.05, 0.1) is 18.8 Å². The molecule has 4 nitrogen and oxygen atoms in total. The molecule has 1 N–H and O–H groups in total. The van der Waals surface area contributed by atoms with Gasteiger partial charge in [0.15, 0.2) is 0 Å². The maximum absolute atomic E-state index is 8.74. The second kappa shape index (κ2) is 7.37. The van der Waals surface area contributed by atoms with Crippen LogP contribution in [0.2, 0.25) is 0 Å². The minimum absolute atomic E-state index is 0.0786. The molecule has 0 radical (unpaired) electrons. The van der Waals surface area contributed by atoms with Crippen LogP contribution in [-0.4, -0.2) is 27.9 Å². The molecular weight excluding hydrogens is 252 g/mol. The van der Waals surface area contributed by atoms with Crippen LogP contribution >= 0.6 is 0 Å². The van der Waals surface area contributed by atoms with Gasteiger partial charge in [0.2, 0.25) is 0 Å². The van der Waals surface area contributed by atoms with Crippen LogP contribution in [0.15, 0.2) is 36.7 Å². The molecule has 0 spiro atoms. The van der Waals surface area contributed by atoms with E-state index in [1.54, 1.807) is 6.20 Å². The van der Waals surface area contributed by atoms with E-state index in [0.717, 1.165) is 23.6 Å². The van der Waals surface area contributed by atoms with Gasteiger partial charge in [-0.3, -0.25) is 0 Å². The number of aryl methyl sites for hydroxylation is 1. The maximum atomic E-state index is 8.74. The minimum atomic E-state index is 0.0786. The smallest absolute Gasteiger partial charge is 0.134 e. The Labute approximate surface area is 119 Å². The fourth-order valence-corrected chi connectivity index (χ4v) is 1.80. The van der Waals surface area contributed by atoms with Crippen LogP contribution in [0, 0.1) is 11.8 Å². The third-order valence-electron chi connectivity index (χ3n) is 2.85. The molecule has 0 saturated heterocycles. The molecule has 4 heteroatoms. The summed E-state index contributed by atoms with van der Waals surface area (Å²) in [7, 11) is 1.97. The Morgan fingerprint density at radius 3 is 2.95 bits per heavy atom. The maximum Gasteiger partial charge on any atom is 0.134 e. The van der Waals surface area contributed by atoms with Crippen LogP contribution in [0.5, 0.6) is 5.75 Å². The average Bonchev–Trinajstić information content (AvgIpc) is 2.86. The molecule has 0 aliphatic carbocycles. The fraction of sp³-hybridized carbons (Fsp3) is 0.312. The van der Waals surface area contributed by atoms with Crippen molar-refractivity contribution in [3.05, 3.63) is 48.0 Å². The third-order valence-corrected chi connectivity index (χ3v) is 2.85. The molecule has 0 unspecified atom stereocenters. The number of nitrogens with zero attached hydrogens (tertiary/aromatic N) is 2. The first-order chi connectivity index (χ1) is 9.81. The molecule has 0 fully saturated rings. The lowest BCUT2D eigenvalue weighted by Crippen LogP contribution is -2.06. The predicted molar refractivity (Wildman–Crippen MR) is 77.4 cm³/mol. The van der Waals surface area contributed by atoms with E-state index >= 15 is 0 Å². The molecule has 20 heavy (non-hydrogen) atoms. The molecule has 0 bridgehead atoms. The van der Waals surface area contributed by atoms with Crippen molar-refractivity contribution in [2.75, 3.05) is 13.2 Å². The summed E-state index contributed by atoms with van der Waals surface area (Å²) < 4.78 is 7.76. The van der Waals surface area contributed by atoms with E-state index in [1.165, 1.54) is 0 Å². The van der Waals surface area contributed by atoms with Crippen LogP contribution in [0.3, 0.4) is 0 Å². The van der Waals surface area contributed by atoms with Crippen molar-refractivity contribution in [1.82, 2.24) is 9.55 Å². The monoisotopic (exact) mass is 270 g/mol. The SMILES string of the molecule is Cn1ccnc1CCOc1ccccc1C#CCCO. The molecule has 0 aliphatic heterocycles. The van der Waals surface area contributed by atoms with Gasteiger partial charge in [-0.1, -0.05) is 24.0 Å². The molecule has 0 amide bonds. The molecule has 1 aromatic heterocycles. The van der Waals surface area contributed by atoms with E-state index in [-0.39, 0.29) is 6.61 Å². The van der Waals surface area contributed by atoms with Crippen LogP contribution in [0.1, 0.15) is 17.8 Å². The van der Waals surface area contributed by atoms with Crippen LogP contribution < -0.4 is 4.74 Å². The number of rotatable bonds is 5. The van der Waals surface area contributed by atoms with E-state index in [0.29, 0.717) is 13.0 Å². The summed E-state index contributed by atoms with van der Waals surface area (Å²) in [5.74, 6) is 7.69. The number of ether oxygens (including phenoxy) is 1. The zero-order chi connectivity index (χ0) is 14.2. The Hall–Kier alpha value is -2.25. The first-order valence-corrected chi connectivity index (χ1v) is 6.59. The second-order valence-corrected chi connectivity index (χ2v) is 4.32. The van der Waals surface area contributed by atoms with Gasteiger partial charge in [0.25, 0.3) is 0 Å². The first kappa shape index (κ1) is 14.2. The highest BCUT2D eigenvalue weighted by molar-refractivity contribution is 5.45. The summed E-state index contributed by atoms with van der Waals surface area (Å²) >= 11 is 0. The number of aliphatic hydroxyl groups is 1. The number of hydrogen-bond donors (Lipinski definition) is 1. The number of aliphatic hydroxyl groups excluding tert-OH is 1. The topological polar surface area (TPSA) is 47.3 Å². The average molecular weight is 270 g/mol. The summed E-state index contributed by atoms with van der Waals surface area (Å²) in [6.45, 7) is 0.638. The van der Waals surface area contributed by atoms with Gasteiger partial charge in [-0.2, -0.15) is 0 Å². The summed E-state index contributed by atoms with van der Waals surface area (Å²) in [6, 6.07) is 7.67. The first-order valence-electron chi connectivity index (χ1n) is 6.59. The summed E-state index contributed by atoms with van der Waals surface area (Å²) in [6.07, 6.45) is 4.93. The van der Waals surface area contributed by atoms with Crippen molar-refractivity contribution in [2.24, 2.45) is 7.05 Å². The summed E-state index contributed by atoms with van der Waals surface area (Å²) in [4.78, 5) is 4.26. The molecular formula is C16H18N2O2. The van der Waals surface area contributed by atoms with Crippen molar-refractivity contribution < 1.29 is 9.84 Å². The van der Waals surface area contributed by atoms with Crippen molar-refractivity contribution in [2.45, 2.75) is 12.8 Å². The van der Waals surface area contributed by atoms with E-state index in [4.69, 9.17) is 9.84 Å². The lowest BCUT2D eigenvalue weighted by atomic mass is 10.2. The van der Waals surface area contributed by atoms with E-state index < -0.39 is 0 Å². The summed E-state index contributed by atoms with van der Waals surface area (Å²) in [5.41, 5.74) is 0.848. The van der Waals surface area contributed by atoms with E-state index in [2.05, 4.69) is 16.8 Å². The second-order valence-electron chi connectivity index (χ2n) is 4.32. The van der Waals surface area contributed by atoms with Gasteiger partial charge in [-0.05, 0) is 12.1 Å². The number of hydrogen-bond acceptors (Lipinski definition) is 3. The minimum Gasteiger partial charge on any atom is -0.492 e. The Morgan fingerprint density at radius 1 is 1.35 bits per heavy atom. The van der Waals surface area contributed by atoms with Crippen molar-refractivity contribution in [1.29, 1.82) is 0 Å². The molecule has 1 heterocycles. The lowest BCUT2D eigenvalue weighted by Gasteiger charge is -2.08. The molecule has 2 aromatic rings. The fourth-order valence-electron chi connectivity index (χ4n) is 1.80.